The highest BCUT2D eigenvalue weighted by Gasteiger charge is 2.04. The summed E-state index contributed by atoms with van der Waals surface area (Å²) in [6.07, 6.45) is 0. The number of benzene rings is 1. The van der Waals surface area contributed by atoms with Crippen LogP contribution in [0.2, 0.25) is 0 Å². The molecule has 0 atom stereocenters. The second-order valence-electron chi connectivity index (χ2n) is 2.97. The van der Waals surface area contributed by atoms with Gasteiger partial charge in [0.25, 0.3) is 0 Å². The van der Waals surface area contributed by atoms with E-state index in [0.29, 0.717) is 20.8 Å². The summed E-state index contributed by atoms with van der Waals surface area (Å²) < 4.78 is 26.4. The third-order valence-corrected chi connectivity index (χ3v) is 3.66. The molecule has 0 spiro atoms. The second-order valence-corrected chi connectivity index (χ2v) is 5.20. The van der Waals surface area contributed by atoms with E-state index in [1.807, 2.05) is 0 Å². The van der Waals surface area contributed by atoms with Crippen molar-refractivity contribution in [3.05, 3.63) is 35.4 Å². The van der Waals surface area contributed by atoms with Gasteiger partial charge in [0, 0.05) is 11.8 Å². The molecule has 1 heterocycles. The minimum atomic E-state index is -0.577. The Kier molecular flexibility index (Phi) is 3.35. The summed E-state index contributed by atoms with van der Waals surface area (Å²) in [6.45, 7) is 0. The van der Waals surface area contributed by atoms with Gasteiger partial charge >= 0.3 is 0 Å². The number of anilines is 1. The number of hydrogen-bond acceptors (Lipinski definition) is 5. The maximum Gasteiger partial charge on any atom is 0.203 e. The highest BCUT2D eigenvalue weighted by Crippen LogP contribution is 2.27. The molecule has 0 fully saturated rings. The molecular formula is C9H7F2N3S2. The van der Waals surface area contributed by atoms with E-state index in [4.69, 9.17) is 5.73 Å². The van der Waals surface area contributed by atoms with E-state index in [9.17, 15) is 8.78 Å². The van der Waals surface area contributed by atoms with Gasteiger partial charge in [-0.2, -0.15) is 0 Å². The van der Waals surface area contributed by atoms with Crippen molar-refractivity contribution in [3.8, 4) is 0 Å². The number of thioether (sulfide) groups is 1. The lowest BCUT2D eigenvalue weighted by Crippen LogP contribution is -1.86. The first-order valence-electron chi connectivity index (χ1n) is 4.30. The van der Waals surface area contributed by atoms with E-state index < -0.39 is 11.6 Å². The molecular weight excluding hydrogens is 252 g/mol. The quantitative estimate of drug-likeness (QED) is 0.861. The lowest BCUT2D eigenvalue weighted by Gasteiger charge is -1.99. The molecule has 7 heteroatoms. The number of rotatable bonds is 3. The number of hydrogen-bond donors (Lipinski definition) is 1. The van der Waals surface area contributed by atoms with Crippen molar-refractivity contribution >= 4 is 28.2 Å². The molecule has 0 saturated carbocycles. The van der Waals surface area contributed by atoms with Crippen LogP contribution in [0, 0.1) is 11.6 Å². The van der Waals surface area contributed by atoms with Crippen molar-refractivity contribution in [2.45, 2.75) is 10.1 Å². The Bertz CT molecular complexity index is 481. The number of nitrogen functional groups attached to an aromatic ring is 1. The average molecular weight is 259 g/mol. The molecule has 0 aliphatic rings. The van der Waals surface area contributed by atoms with Crippen LogP contribution < -0.4 is 5.73 Å². The Balaban J connectivity index is 2.04. The zero-order valence-electron chi connectivity index (χ0n) is 7.98. The van der Waals surface area contributed by atoms with Gasteiger partial charge in [-0.15, -0.1) is 10.2 Å². The maximum absolute atomic E-state index is 12.9. The first-order valence-corrected chi connectivity index (χ1v) is 6.10. The van der Waals surface area contributed by atoms with Crippen LogP contribution in [0.5, 0.6) is 0 Å². The summed E-state index contributed by atoms with van der Waals surface area (Å²) in [5.41, 5.74) is 5.97. The molecule has 0 saturated heterocycles. The number of halogens is 2. The third-order valence-electron chi connectivity index (χ3n) is 1.71. The topological polar surface area (TPSA) is 51.8 Å². The van der Waals surface area contributed by atoms with E-state index in [0.717, 1.165) is 6.07 Å². The zero-order valence-corrected chi connectivity index (χ0v) is 9.62. The van der Waals surface area contributed by atoms with Crippen LogP contribution in [0.4, 0.5) is 13.9 Å². The van der Waals surface area contributed by atoms with Gasteiger partial charge in [0.05, 0.1) is 0 Å². The fourth-order valence-electron chi connectivity index (χ4n) is 1.12. The molecule has 2 rings (SSSR count). The first-order chi connectivity index (χ1) is 7.63. The van der Waals surface area contributed by atoms with Crippen molar-refractivity contribution in [1.82, 2.24) is 10.2 Å². The second kappa shape index (κ2) is 4.75. The van der Waals surface area contributed by atoms with Crippen LogP contribution in [0.1, 0.15) is 5.56 Å². The fourth-order valence-corrected chi connectivity index (χ4v) is 2.68. The minimum Gasteiger partial charge on any atom is -0.374 e. The van der Waals surface area contributed by atoms with Crippen molar-refractivity contribution in [3.63, 3.8) is 0 Å². The van der Waals surface area contributed by atoms with Crippen molar-refractivity contribution in [1.29, 1.82) is 0 Å². The van der Waals surface area contributed by atoms with Crippen LogP contribution in [0.25, 0.3) is 0 Å². The summed E-state index contributed by atoms with van der Waals surface area (Å²) in [6, 6.07) is 3.43. The van der Waals surface area contributed by atoms with Gasteiger partial charge in [-0.05, 0) is 17.7 Å². The Morgan fingerprint density at radius 1 is 1.19 bits per heavy atom. The largest absolute Gasteiger partial charge is 0.374 e. The van der Waals surface area contributed by atoms with E-state index in [-0.39, 0.29) is 0 Å². The zero-order chi connectivity index (χ0) is 11.5. The molecule has 0 aliphatic carbocycles. The molecule has 1 aromatic carbocycles. The Labute approximate surface area is 98.7 Å². The summed E-state index contributed by atoms with van der Waals surface area (Å²) in [7, 11) is 0. The van der Waals surface area contributed by atoms with E-state index >= 15 is 0 Å². The molecule has 2 aromatic rings. The molecule has 84 valence electrons. The molecule has 3 nitrogen and oxygen atoms in total. The fraction of sp³-hybridized carbons (Fsp3) is 0.111. The summed E-state index contributed by atoms with van der Waals surface area (Å²) in [5, 5.41) is 7.82. The Hall–Kier alpha value is -1.21. The number of nitrogens with zero attached hydrogens (tertiary/aromatic N) is 2. The van der Waals surface area contributed by atoms with E-state index in [2.05, 4.69) is 10.2 Å². The van der Waals surface area contributed by atoms with Gasteiger partial charge < -0.3 is 5.73 Å². The highest BCUT2D eigenvalue weighted by atomic mass is 32.2. The van der Waals surface area contributed by atoms with Gasteiger partial charge in [0.2, 0.25) is 5.13 Å². The van der Waals surface area contributed by atoms with Gasteiger partial charge in [-0.3, -0.25) is 0 Å². The monoisotopic (exact) mass is 259 g/mol. The third kappa shape index (κ3) is 2.89. The standard InChI is InChI=1S/C9H7F2N3S2/c10-6-1-5(2-7(11)3-6)4-15-9-14-13-8(12)16-9/h1-3H,4H2,(H2,12,13). The smallest absolute Gasteiger partial charge is 0.203 e. The average Bonchev–Trinajstić information content (AvgIpc) is 2.60. The predicted molar refractivity (Wildman–Crippen MR) is 60.2 cm³/mol. The van der Waals surface area contributed by atoms with Gasteiger partial charge in [0.1, 0.15) is 11.6 Å². The molecule has 0 bridgehead atoms. The van der Waals surface area contributed by atoms with Crippen molar-refractivity contribution in [2.24, 2.45) is 0 Å². The van der Waals surface area contributed by atoms with Gasteiger partial charge in [0.15, 0.2) is 4.34 Å². The first kappa shape index (κ1) is 11.3. The molecule has 16 heavy (non-hydrogen) atoms. The molecule has 2 N–H and O–H groups in total. The molecule has 0 aliphatic heterocycles. The van der Waals surface area contributed by atoms with Crippen LogP contribution >= 0.6 is 23.1 Å². The summed E-state index contributed by atoms with van der Waals surface area (Å²) in [5.74, 6) is -0.719. The summed E-state index contributed by atoms with van der Waals surface area (Å²) >= 11 is 2.59. The van der Waals surface area contributed by atoms with Gasteiger partial charge in [-0.1, -0.05) is 23.1 Å². The molecule has 0 unspecified atom stereocenters. The minimum absolute atomic E-state index is 0.382. The SMILES string of the molecule is Nc1nnc(SCc2cc(F)cc(F)c2)s1. The molecule has 0 amide bonds. The predicted octanol–water partition coefficient (Wildman–Crippen LogP) is 2.69. The van der Waals surface area contributed by atoms with Crippen LogP contribution in [0.3, 0.4) is 0 Å². The van der Waals surface area contributed by atoms with Gasteiger partial charge in [-0.25, -0.2) is 8.78 Å². The number of aromatic nitrogens is 2. The lowest BCUT2D eigenvalue weighted by atomic mass is 10.2. The maximum atomic E-state index is 12.9. The lowest BCUT2D eigenvalue weighted by molar-refractivity contribution is 0.581. The van der Waals surface area contributed by atoms with Crippen LogP contribution in [-0.2, 0) is 5.75 Å². The Morgan fingerprint density at radius 2 is 1.88 bits per heavy atom. The molecule has 1 aromatic heterocycles. The van der Waals surface area contributed by atoms with E-state index in [1.165, 1.54) is 35.2 Å². The van der Waals surface area contributed by atoms with Crippen molar-refractivity contribution < 1.29 is 8.78 Å². The van der Waals surface area contributed by atoms with Crippen molar-refractivity contribution in [2.75, 3.05) is 5.73 Å². The number of nitrogens with two attached hydrogens (primary N) is 1. The normalized spacial score (nSPS) is 10.6. The van der Waals surface area contributed by atoms with E-state index in [1.54, 1.807) is 0 Å². The molecule has 0 radical (unpaired) electrons. The van der Waals surface area contributed by atoms with Crippen LogP contribution in [0.15, 0.2) is 22.5 Å². The Morgan fingerprint density at radius 3 is 2.44 bits per heavy atom. The highest BCUT2D eigenvalue weighted by molar-refractivity contribution is 8.00. The van der Waals surface area contributed by atoms with Crippen LogP contribution in [-0.4, -0.2) is 10.2 Å². The summed E-state index contributed by atoms with van der Waals surface area (Å²) in [4.78, 5) is 0.